The normalized spacial score (nSPS) is 12.1. The molecule has 0 aliphatic rings. The number of methoxy groups -OCH3 is 1. The van der Waals surface area contributed by atoms with Gasteiger partial charge in [-0.3, -0.25) is 13.9 Å². The summed E-state index contributed by atoms with van der Waals surface area (Å²) < 4.78 is 33.8. The number of sulfonamides is 1. The van der Waals surface area contributed by atoms with E-state index in [4.69, 9.17) is 39.5 Å². The molecule has 3 aromatic carbocycles. The van der Waals surface area contributed by atoms with Crippen molar-refractivity contribution in [2.24, 2.45) is 0 Å². The van der Waals surface area contributed by atoms with Gasteiger partial charge in [0.1, 0.15) is 18.3 Å². The second-order valence-corrected chi connectivity index (χ2v) is 12.3. The van der Waals surface area contributed by atoms with Crippen LogP contribution in [0.1, 0.15) is 26.3 Å². The van der Waals surface area contributed by atoms with Gasteiger partial charge in [0.05, 0.1) is 17.7 Å². The number of ether oxygens (including phenoxy) is 1. The second-order valence-electron chi connectivity index (χ2n) is 9.22. The summed E-state index contributed by atoms with van der Waals surface area (Å²) in [6.07, 6.45) is 0. The van der Waals surface area contributed by atoms with Crippen molar-refractivity contribution in [1.29, 1.82) is 0 Å². The largest absolute Gasteiger partial charge is 0.497 e. The third kappa shape index (κ3) is 7.60. The van der Waals surface area contributed by atoms with Crippen molar-refractivity contribution in [3.8, 4) is 5.75 Å². The Morgan fingerprint density at radius 3 is 2.00 bits per heavy atom. The summed E-state index contributed by atoms with van der Waals surface area (Å²) in [5.41, 5.74) is 0.642. The molecule has 0 spiro atoms. The maximum atomic E-state index is 13.9. The van der Waals surface area contributed by atoms with E-state index in [1.165, 1.54) is 60.5 Å². The predicted molar refractivity (Wildman–Crippen MR) is 159 cm³/mol. The Labute approximate surface area is 249 Å². The van der Waals surface area contributed by atoms with Gasteiger partial charge < -0.3 is 15.0 Å². The second kappa shape index (κ2) is 13.6. The lowest BCUT2D eigenvalue weighted by molar-refractivity contribution is -0.139. The fourth-order valence-corrected chi connectivity index (χ4v) is 5.91. The fraction of sp³-hybridized carbons (Fsp3) is 0.286. The van der Waals surface area contributed by atoms with Crippen molar-refractivity contribution in [2.75, 3.05) is 18.0 Å². The topological polar surface area (TPSA) is 96.0 Å². The zero-order chi connectivity index (χ0) is 29.6. The lowest BCUT2D eigenvalue weighted by Crippen LogP contribution is -2.52. The maximum absolute atomic E-state index is 13.9. The molecule has 8 nitrogen and oxygen atoms in total. The van der Waals surface area contributed by atoms with E-state index >= 15 is 0 Å². The van der Waals surface area contributed by atoms with Gasteiger partial charge in [-0.1, -0.05) is 40.9 Å². The summed E-state index contributed by atoms with van der Waals surface area (Å²) >= 11 is 18.8. The summed E-state index contributed by atoms with van der Waals surface area (Å²) in [7, 11) is -2.77. The number of nitrogens with zero attached hydrogens (tertiary/aromatic N) is 2. The number of hydrogen-bond acceptors (Lipinski definition) is 5. The summed E-state index contributed by atoms with van der Waals surface area (Å²) in [6, 6.07) is 15.6. The Kier molecular flexibility index (Phi) is 10.7. The molecule has 0 saturated carbocycles. The van der Waals surface area contributed by atoms with Gasteiger partial charge in [-0.15, -0.1) is 0 Å². The van der Waals surface area contributed by atoms with Crippen LogP contribution in [0.3, 0.4) is 0 Å². The molecule has 214 valence electrons. The van der Waals surface area contributed by atoms with Crippen LogP contribution >= 0.6 is 34.8 Å². The van der Waals surface area contributed by atoms with Crippen molar-refractivity contribution in [3.05, 3.63) is 87.4 Å². The molecule has 2 amide bonds. The summed E-state index contributed by atoms with van der Waals surface area (Å²) in [5.74, 6) is -0.585. The Hall–Kier alpha value is -2.98. The molecule has 0 aromatic heterocycles. The molecule has 3 aromatic rings. The van der Waals surface area contributed by atoms with Crippen molar-refractivity contribution < 1.29 is 22.7 Å². The molecule has 0 heterocycles. The molecule has 0 saturated heterocycles. The van der Waals surface area contributed by atoms with Gasteiger partial charge >= 0.3 is 0 Å². The van der Waals surface area contributed by atoms with Gasteiger partial charge in [0, 0.05) is 33.2 Å². The monoisotopic (exact) mass is 625 g/mol. The van der Waals surface area contributed by atoms with Gasteiger partial charge in [-0.05, 0) is 81.4 Å². The highest BCUT2D eigenvalue weighted by atomic mass is 35.5. The number of rotatable bonds is 11. The van der Waals surface area contributed by atoms with Gasteiger partial charge in [-0.25, -0.2) is 8.42 Å². The van der Waals surface area contributed by atoms with Crippen LogP contribution in [0.15, 0.2) is 71.6 Å². The van der Waals surface area contributed by atoms with E-state index in [0.717, 1.165) is 4.31 Å². The van der Waals surface area contributed by atoms with E-state index in [-0.39, 0.29) is 23.2 Å². The lowest BCUT2D eigenvalue weighted by Gasteiger charge is -2.32. The Morgan fingerprint density at radius 1 is 0.900 bits per heavy atom. The van der Waals surface area contributed by atoms with Gasteiger partial charge in [0.25, 0.3) is 10.0 Å². The number of nitrogens with one attached hydrogen (secondary N) is 1. The number of halogens is 3. The van der Waals surface area contributed by atoms with Gasteiger partial charge in [0.15, 0.2) is 0 Å². The number of hydrogen-bond donors (Lipinski definition) is 1. The smallest absolute Gasteiger partial charge is 0.264 e. The zero-order valence-electron chi connectivity index (χ0n) is 22.4. The summed E-state index contributed by atoms with van der Waals surface area (Å²) in [5, 5.41) is 3.80. The van der Waals surface area contributed by atoms with Crippen LogP contribution in [-0.4, -0.2) is 50.9 Å². The minimum absolute atomic E-state index is 0.0534. The summed E-state index contributed by atoms with van der Waals surface area (Å²) in [4.78, 5) is 28.1. The minimum atomic E-state index is -4.24. The third-order valence-electron chi connectivity index (χ3n) is 6.03. The first kappa shape index (κ1) is 31.5. The van der Waals surface area contributed by atoms with Crippen LogP contribution in [0.25, 0.3) is 0 Å². The van der Waals surface area contributed by atoms with E-state index in [2.05, 4.69) is 5.32 Å². The molecule has 0 fully saturated rings. The van der Waals surface area contributed by atoms with E-state index in [1.54, 1.807) is 39.0 Å². The van der Waals surface area contributed by atoms with Crippen LogP contribution in [0.4, 0.5) is 5.69 Å². The van der Waals surface area contributed by atoms with Gasteiger partial charge in [-0.2, -0.15) is 0 Å². The van der Waals surface area contributed by atoms with Crippen molar-refractivity contribution in [3.63, 3.8) is 0 Å². The molecule has 0 bridgehead atoms. The van der Waals surface area contributed by atoms with E-state index < -0.39 is 34.4 Å². The van der Waals surface area contributed by atoms with Crippen LogP contribution in [0.5, 0.6) is 5.75 Å². The van der Waals surface area contributed by atoms with Crippen LogP contribution in [0, 0.1) is 0 Å². The minimum Gasteiger partial charge on any atom is -0.497 e. The van der Waals surface area contributed by atoms with Crippen molar-refractivity contribution in [1.82, 2.24) is 10.2 Å². The molecular formula is C28H30Cl3N3O5S. The first-order valence-corrected chi connectivity index (χ1v) is 14.9. The van der Waals surface area contributed by atoms with Crippen molar-refractivity contribution >= 4 is 62.3 Å². The maximum Gasteiger partial charge on any atom is 0.264 e. The number of amides is 2. The third-order valence-corrected chi connectivity index (χ3v) is 8.78. The fourth-order valence-electron chi connectivity index (χ4n) is 3.85. The number of anilines is 1. The van der Waals surface area contributed by atoms with Crippen LogP contribution < -0.4 is 14.4 Å². The summed E-state index contributed by atoms with van der Waals surface area (Å²) in [6.45, 7) is 4.42. The molecule has 1 atom stereocenters. The predicted octanol–water partition coefficient (Wildman–Crippen LogP) is 5.79. The number of benzene rings is 3. The molecule has 40 heavy (non-hydrogen) atoms. The molecular weight excluding hydrogens is 597 g/mol. The highest BCUT2D eigenvalue weighted by Gasteiger charge is 2.33. The van der Waals surface area contributed by atoms with Crippen LogP contribution in [0.2, 0.25) is 15.1 Å². The van der Waals surface area contributed by atoms with Crippen LogP contribution in [-0.2, 0) is 26.2 Å². The quantitative estimate of drug-likeness (QED) is 0.291. The molecule has 0 unspecified atom stereocenters. The molecule has 0 aliphatic carbocycles. The Balaban J connectivity index is 2.06. The average Bonchev–Trinajstić information content (AvgIpc) is 2.91. The Morgan fingerprint density at radius 2 is 1.48 bits per heavy atom. The highest BCUT2D eigenvalue weighted by molar-refractivity contribution is 7.92. The number of carbonyl (C=O) groups is 2. The highest BCUT2D eigenvalue weighted by Crippen LogP contribution is 2.29. The lowest BCUT2D eigenvalue weighted by atomic mass is 10.1. The van der Waals surface area contributed by atoms with E-state index in [0.29, 0.717) is 26.4 Å². The Bertz CT molecular complexity index is 1430. The number of carbonyl (C=O) groups excluding carboxylic acids is 2. The van der Waals surface area contributed by atoms with Crippen molar-refractivity contribution in [2.45, 2.75) is 44.3 Å². The molecule has 0 radical (unpaired) electrons. The molecule has 3 rings (SSSR count). The first-order chi connectivity index (χ1) is 18.8. The first-order valence-electron chi connectivity index (χ1n) is 12.3. The van der Waals surface area contributed by atoms with E-state index in [1.807, 2.05) is 0 Å². The standard InChI is InChI=1S/C28H30Cl3N3O5S/c1-18(2)32-28(36)19(3)33(16-24-25(30)6-5-7-26(24)31)27(35)17-34(21-10-8-20(29)9-11-21)40(37,38)23-14-12-22(39-4)13-15-23/h5-15,18-19H,16-17H2,1-4H3,(H,32,36)/t19-/m1/s1. The SMILES string of the molecule is COc1ccc(S(=O)(=O)N(CC(=O)N(Cc2c(Cl)cccc2Cl)[C@H](C)C(=O)NC(C)C)c2ccc(Cl)cc2)cc1. The van der Waals surface area contributed by atoms with Gasteiger partial charge in [0.2, 0.25) is 11.8 Å². The average molecular weight is 627 g/mol. The molecule has 0 aliphatic heterocycles. The molecule has 12 heteroatoms. The molecule has 1 N–H and O–H groups in total. The van der Waals surface area contributed by atoms with E-state index in [9.17, 15) is 18.0 Å². The zero-order valence-corrected chi connectivity index (χ0v) is 25.5.